The summed E-state index contributed by atoms with van der Waals surface area (Å²) in [4.78, 5) is 20.0. The molecule has 2 saturated heterocycles. The van der Waals surface area contributed by atoms with E-state index in [0.717, 1.165) is 31.4 Å². The third-order valence-electron chi connectivity index (χ3n) is 4.62. The number of anilines is 1. The van der Waals surface area contributed by atoms with Crippen LogP contribution in [-0.4, -0.2) is 58.2 Å². The summed E-state index contributed by atoms with van der Waals surface area (Å²) >= 11 is 1.35. The first-order valence-electron chi connectivity index (χ1n) is 8.11. The highest BCUT2D eigenvalue weighted by Crippen LogP contribution is 2.23. The fraction of sp³-hybridized carbons (Fsp3) is 0.733. The SMILES string of the molecule is O=C(O)Nc1nc(CN2CCC(N3CCCCC3)CC2)cs1. The van der Waals surface area contributed by atoms with Crippen molar-refractivity contribution in [2.45, 2.75) is 44.7 Å². The lowest BCUT2D eigenvalue weighted by Gasteiger charge is -2.40. The van der Waals surface area contributed by atoms with E-state index < -0.39 is 6.09 Å². The number of thiazole rings is 1. The Bertz CT molecular complexity index is 493. The molecule has 0 radical (unpaired) electrons. The molecule has 0 bridgehead atoms. The molecule has 0 unspecified atom stereocenters. The normalized spacial score (nSPS) is 21.8. The van der Waals surface area contributed by atoms with E-state index in [-0.39, 0.29) is 0 Å². The molecule has 0 spiro atoms. The number of likely N-dealkylation sites (tertiary alicyclic amines) is 2. The number of amides is 1. The van der Waals surface area contributed by atoms with Crippen molar-refractivity contribution >= 4 is 22.6 Å². The van der Waals surface area contributed by atoms with Gasteiger partial charge in [0.1, 0.15) is 0 Å². The molecule has 1 amide bonds. The fourth-order valence-electron chi connectivity index (χ4n) is 3.48. The van der Waals surface area contributed by atoms with Crippen LogP contribution in [0.3, 0.4) is 0 Å². The molecule has 3 heterocycles. The third kappa shape index (κ3) is 4.18. The van der Waals surface area contributed by atoms with Gasteiger partial charge in [-0.15, -0.1) is 11.3 Å². The van der Waals surface area contributed by atoms with Gasteiger partial charge in [-0.1, -0.05) is 6.42 Å². The minimum Gasteiger partial charge on any atom is -0.465 e. The first-order chi connectivity index (χ1) is 10.7. The number of aromatic nitrogens is 1. The van der Waals surface area contributed by atoms with Crippen LogP contribution in [-0.2, 0) is 6.54 Å². The molecule has 3 rings (SSSR count). The standard InChI is InChI=1S/C15H24N4O2S/c20-15(21)17-14-16-12(11-22-14)10-18-8-4-13(5-9-18)19-6-2-1-3-7-19/h11,13H,1-10H2,(H,16,17)(H,20,21). The van der Waals surface area contributed by atoms with Crippen LogP contribution >= 0.6 is 11.3 Å². The molecule has 0 atom stereocenters. The maximum Gasteiger partial charge on any atom is 0.410 e. The Balaban J connectivity index is 1.45. The maximum atomic E-state index is 10.6. The number of hydrogen-bond acceptors (Lipinski definition) is 5. The van der Waals surface area contributed by atoms with Crippen molar-refractivity contribution in [2.75, 3.05) is 31.5 Å². The van der Waals surface area contributed by atoms with Gasteiger partial charge < -0.3 is 10.0 Å². The molecule has 0 aliphatic carbocycles. The molecule has 2 aliphatic heterocycles. The van der Waals surface area contributed by atoms with Crippen LogP contribution in [0, 0.1) is 0 Å². The minimum atomic E-state index is -1.05. The van der Waals surface area contributed by atoms with Crippen molar-refractivity contribution < 1.29 is 9.90 Å². The summed E-state index contributed by atoms with van der Waals surface area (Å²) in [5.74, 6) is 0. The topological polar surface area (TPSA) is 68.7 Å². The summed E-state index contributed by atoms with van der Waals surface area (Å²) in [6.07, 6.45) is 5.54. The van der Waals surface area contributed by atoms with Crippen LogP contribution in [0.15, 0.2) is 5.38 Å². The summed E-state index contributed by atoms with van der Waals surface area (Å²) < 4.78 is 0. The van der Waals surface area contributed by atoms with E-state index in [1.165, 1.54) is 56.5 Å². The number of hydrogen-bond donors (Lipinski definition) is 2. The number of nitrogens with one attached hydrogen (secondary N) is 1. The molecule has 7 heteroatoms. The predicted molar refractivity (Wildman–Crippen MR) is 87.5 cm³/mol. The Labute approximate surface area is 135 Å². The first kappa shape index (κ1) is 15.7. The largest absolute Gasteiger partial charge is 0.465 e. The quantitative estimate of drug-likeness (QED) is 0.891. The minimum absolute atomic E-state index is 0.464. The summed E-state index contributed by atoms with van der Waals surface area (Å²) in [5.41, 5.74) is 0.963. The molecule has 6 nitrogen and oxygen atoms in total. The van der Waals surface area contributed by atoms with E-state index in [1.807, 2.05) is 5.38 Å². The molecular weight excluding hydrogens is 300 g/mol. The summed E-state index contributed by atoms with van der Waals surface area (Å²) in [6.45, 7) is 5.60. The van der Waals surface area contributed by atoms with Crippen LogP contribution in [0.25, 0.3) is 0 Å². The molecule has 0 saturated carbocycles. The first-order valence-corrected chi connectivity index (χ1v) is 8.99. The zero-order valence-corrected chi connectivity index (χ0v) is 13.6. The number of carboxylic acid groups (broad SMARTS) is 1. The zero-order chi connectivity index (χ0) is 15.4. The van der Waals surface area contributed by atoms with E-state index in [2.05, 4.69) is 20.1 Å². The molecule has 2 fully saturated rings. The second-order valence-electron chi connectivity index (χ2n) is 6.18. The Morgan fingerprint density at radius 3 is 2.68 bits per heavy atom. The lowest BCUT2D eigenvalue weighted by Crippen LogP contribution is -2.46. The second-order valence-corrected chi connectivity index (χ2v) is 7.04. The van der Waals surface area contributed by atoms with Crippen LogP contribution in [0.2, 0.25) is 0 Å². The highest BCUT2D eigenvalue weighted by molar-refractivity contribution is 7.13. The van der Waals surface area contributed by atoms with Crippen LogP contribution in [0.4, 0.5) is 9.93 Å². The van der Waals surface area contributed by atoms with Gasteiger partial charge in [0.25, 0.3) is 0 Å². The van der Waals surface area contributed by atoms with Crippen molar-refractivity contribution in [3.8, 4) is 0 Å². The molecule has 122 valence electrons. The van der Waals surface area contributed by atoms with Gasteiger partial charge in [0.15, 0.2) is 5.13 Å². The number of carbonyl (C=O) groups is 1. The number of rotatable bonds is 4. The third-order valence-corrected chi connectivity index (χ3v) is 5.42. The van der Waals surface area contributed by atoms with Crippen molar-refractivity contribution in [1.29, 1.82) is 0 Å². The maximum absolute atomic E-state index is 10.6. The second kappa shape index (κ2) is 7.39. The number of piperidine rings is 2. The van der Waals surface area contributed by atoms with Crippen LogP contribution in [0.1, 0.15) is 37.8 Å². The van der Waals surface area contributed by atoms with Crippen LogP contribution < -0.4 is 5.32 Å². The smallest absolute Gasteiger partial charge is 0.410 e. The van der Waals surface area contributed by atoms with Gasteiger partial charge in [-0.05, 0) is 38.8 Å². The van der Waals surface area contributed by atoms with Gasteiger partial charge in [-0.3, -0.25) is 10.2 Å². The highest BCUT2D eigenvalue weighted by Gasteiger charge is 2.25. The van der Waals surface area contributed by atoms with Gasteiger partial charge in [-0.25, -0.2) is 9.78 Å². The highest BCUT2D eigenvalue weighted by atomic mass is 32.1. The lowest BCUT2D eigenvalue weighted by molar-refractivity contribution is 0.0892. The molecule has 2 N–H and O–H groups in total. The van der Waals surface area contributed by atoms with Gasteiger partial charge >= 0.3 is 6.09 Å². The van der Waals surface area contributed by atoms with Crippen LogP contribution in [0.5, 0.6) is 0 Å². The predicted octanol–water partition coefficient (Wildman–Crippen LogP) is 2.68. The summed E-state index contributed by atoms with van der Waals surface area (Å²) in [6, 6.07) is 0.760. The van der Waals surface area contributed by atoms with Gasteiger partial charge in [0.2, 0.25) is 0 Å². The molecular formula is C15H24N4O2S. The molecule has 1 aromatic rings. The molecule has 2 aliphatic rings. The molecule has 0 aromatic carbocycles. The Hall–Kier alpha value is -1.18. The van der Waals surface area contributed by atoms with E-state index >= 15 is 0 Å². The molecule has 1 aromatic heterocycles. The van der Waals surface area contributed by atoms with Gasteiger partial charge in [0, 0.05) is 31.1 Å². The summed E-state index contributed by atoms with van der Waals surface area (Å²) in [7, 11) is 0. The van der Waals surface area contributed by atoms with Crippen molar-refractivity contribution in [1.82, 2.24) is 14.8 Å². The van der Waals surface area contributed by atoms with E-state index in [0.29, 0.717) is 5.13 Å². The average molecular weight is 324 g/mol. The van der Waals surface area contributed by atoms with Crippen molar-refractivity contribution in [3.63, 3.8) is 0 Å². The summed E-state index contributed by atoms with van der Waals surface area (Å²) in [5, 5.41) is 13.4. The van der Waals surface area contributed by atoms with Crippen molar-refractivity contribution in [3.05, 3.63) is 11.1 Å². The van der Waals surface area contributed by atoms with Crippen molar-refractivity contribution in [2.24, 2.45) is 0 Å². The van der Waals surface area contributed by atoms with Gasteiger partial charge in [-0.2, -0.15) is 0 Å². The fourth-order valence-corrected chi connectivity index (χ4v) is 4.17. The Morgan fingerprint density at radius 2 is 2.00 bits per heavy atom. The Morgan fingerprint density at radius 1 is 1.27 bits per heavy atom. The van der Waals surface area contributed by atoms with E-state index in [9.17, 15) is 4.79 Å². The zero-order valence-electron chi connectivity index (χ0n) is 12.8. The number of nitrogens with zero attached hydrogens (tertiary/aromatic N) is 3. The average Bonchev–Trinajstić information content (AvgIpc) is 2.95. The molecule has 22 heavy (non-hydrogen) atoms. The lowest BCUT2D eigenvalue weighted by atomic mass is 10.00. The monoisotopic (exact) mass is 324 g/mol. The van der Waals surface area contributed by atoms with E-state index in [1.54, 1.807) is 0 Å². The Kier molecular flexibility index (Phi) is 5.28. The van der Waals surface area contributed by atoms with Gasteiger partial charge in [0.05, 0.1) is 5.69 Å². The van der Waals surface area contributed by atoms with E-state index in [4.69, 9.17) is 5.11 Å².